The quantitative estimate of drug-likeness (QED) is 0.772. The third-order valence-corrected chi connectivity index (χ3v) is 3.28. The number of nitrogens with two attached hydrogens (primary N) is 1. The molecule has 16 heavy (non-hydrogen) atoms. The molecule has 0 bridgehead atoms. The van der Waals surface area contributed by atoms with Crippen molar-refractivity contribution < 1.29 is 4.74 Å². The second-order valence-corrected chi connectivity index (χ2v) is 4.72. The van der Waals surface area contributed by atoms with Crippen LogP contribution in [0.2, 0.25) is 0 Å². The molecule has 0 unspecified atom stereocenters. The number of hydrogen-bond donors (Lipinski definition) is 1. The van der Waals surface area contributed by atoms with Gasteiger partial charge in [-0.2, -0.15) is 0 Å². The van der Waals surface area contributed by atoms with Crippen LogP contribution in [0.3, 0.4) is 0 Å². The molecule has 1 aromatic carbocycles. The van der Waals surface area contributed by atoms with Gasteiger partial charge in [0.1, 0.15) is 5.75 Å². The fraction of sp³-hybridized carbons (Fsp3) is 0.538. The van der Waals surface area contributed by atoms with Crippen molar-refractivity contribution in [3.63, 3.8) is 0 Å². The van der Waals surface area contributed by atoms with E-state index in [2.05, 4.69) is 22.9 Å². The van der Waals surface area contributed by atoms with Crippen LogP contribution in [0.4, 0.5) is 0 Å². The van der Waals surface area contributed by atoms with E-state index in [1.807, 2.05) is 18.2 Å². The maximum atomic E-state index is 5.67. The van der Waals surface area contributed by atoms with E-state index in [4.69, 9.17) is 10.5 Å². The van der Waals surface area contributed by atoms with Crippen LogP contribution in [0, 0.1) is 0 Å². The third-order valence-electron chi connectivity index (χ3n) is 2.50. The molecule has 0 aliphatic rings. The molecule has 0 heterocycles. The summed E-state index contributed by atoms with van der Waals surface area (Å²) in [5.41, 5.74) is 6.72. The Hall–Kier alpha value is -0.540. The summed E-state index contributed by atoms with van der Waals surface area (Å²) in [5, 5.41) is 0. The van der Waals surface area contributed by atoms with Gasteiger partial charge < -0.3 is 10.5 Å². The molecular weight excluding hydrogens is 266 g/mol. The highest BCUT2D eigenvalue weighted by Crippen LogP contribution is 2.22. The zero-order chi connectivity index (χ0) is 11.8. The predicted octanol–water partition coefficient (Wildman–Crippen LogP) is 3.87. The Morgan fingerprint density at radius 2 is 2.06 bits per heavy atom. The average Bonchev–Trinajstić information content (AvgIpc) is 2.31. The first-order chi connectivity index (χ1) is 7.77. The topological polar surface area (TPSA) is 35.2 Å². The average molecular weight is 286 g/mol. The molecule has 0 aliphatic carbocycles. The van der Waals surface area contributed by atoms with E-state index in [0.717, 1.165) is 28.8 Å². The molecule has 3 heteroatoms. The van der Waals surface area contributed by atoms with Gasteiger partial charge in [0.2, 0.25) is 0 Å². The van der Waals surface area contributed by atoms with Gasteiger partial charge in [0, 0.05) is 11.0 Å². The SMILES string of the molecule is CCCCCCOc1ccc(Br)c(CN)c1. The number of rotatable bonds is 7. The first kappa shape index (κ1) is 13.5. The first-order valence-corrected chi connectivity index (χ1v) is 6.68. The van der Waals surface area contributed by atoms with Crippen LogP contribution in [0.5, 0.6) is 5.75 Å². The number of benzene rings is 1. The Labute approximate surface area is 106 Å². The van der Waals surface area contributed by atoms with E-state index in [-0.39, 0.29) is 0 Å². The lowest BCUT2D eigenvalue weighted by atomic mass is 10.2. The Morgan fingerprint density at radius 1 is 1.25 bits per heavy atom. The highest BCUT2D eigenvalue weighted by atomic mass is 79.9. The number of halogens is 1. The van der Waals surface area contributed by atoms with Crippen molar-refractivity contribution in [2.45, 2.75) is 39.2 Å². The van der Waals surface area contributed by atoms with E-state index >= 15 is 0 Å². The summed E-state index contributed by atoms with van der Waals surface area (Å²) in [7, 11) is 0. The largest absolute Gasteiger partial charge is 0.494 e. The second kappa shape index (κ2) is 7.69. The molecule has 0 aromatic heterocycles. The summed E-state index contributed by atoms with van der Waals surface area (Å²) in [4.78, 5) is 0. The van der Waals surface area contributed by atoms with Crippen molar-refractivity contribution in [3.8, 4) is 5.75 Å². The summed E-state index contributed by atoms with van der Waals surface area (Å²) in [6.07, 6.45) is 4.92. The van der Waals surface area contributed by atoms with Gasteiger partial charge in [-0.25, -0.2) is 0 Å². The molecule has 0 fully saturated rings. The Morgan fingerprint density at radius 3 is 2.75 bits per heavy atom. The smallest absolute Gasteiger partial charge is 0.119 e. The molecule has 0 amide bonds. The molecule has 0 atom stereocenters. The zero-order valence-electron chi connectivity index (χ0n) is 9.84. The number of hydrogen-bond acceptors (Lipinski definition) is 2. The van der Waals surface area contributed by atoms with Crippen molar-refractivity contribution in [1.82, 2.24) is 0 Å². The highest BCUT2D eigenvalue weighted by Gasteiger charge is 2.00. The van der Waals surface area contributed by atoms with Crippen LogP contribution in [-0.2, 0) is 6.54 Å². The van der Waals surface area contributed by atoms with Gasteiger partial charge in [-0.15, -0.1) is 0 Å². The van der Waals surface area contributed by atoms with Gasteiger partial charge in [0.05, 0.1) is 6.61 Å². The first-order valence-electron chi connectivity index (χ1n) is 5.89. The molecule has 2 N–H and O–H groups in total. The summed E-state index contributed by atoms with van der Waals surface area (Å²) in [5.74, 6) is 0.917. The summed E-state index contributed by atoms with van der Waals surface area (Å²) >= 11 is 3.46. The number of unbranched alkanes of at least 4 members (excludes halogenated alkanes) is 3. The van der Waals surface area contributed by atoms with E-state index in [0.29, 0.717) is 6.54 Å². The maximum Gasteiger partial charge on any atom is 0.119 e. The molecule has 0 saturated carbocycles. The fourth-order valence-corrected chi connectivity index (χ4v) is 1.92. The molecule has 2 nitrogen and oxygen atoms in total. The van der Waals surface area contributed by atoms with Crippen LogP contribution in [-0.4, -0.2) is 6.61 Å². The van der Waals surface area contributed by atoms with Gasteiger partial charge in [-0.3, -0.25) is 0 Å². The summed E-state index contributed by atoms with van der Waals surface area (Å²) in [6.45, 7) is 3.54. The predicted molar refractivity (Wildman–Crippen MR) is 71.7 cm³/mol. The van der Waals surface area contributed by atoms with Crippen LogP contribution in [0.25, 0.3) is 0 Å². The van der Waals surface area contributed by atoms with Gasteiger partial charge in [0.25, 0.3) is 0 Å². The van der Waals surface area contributed by atoms with Gasteiger partial charge in [-0.05, 0) is 30.2 Å². The monoisotopic (exact) mass is 285 g/mol. The van der Waals surface area contributed by atoms with E-state index in [9.17, 15) is 0 Å². The lowest BCUT2D eigenvalue weighted by Crippen LogP contribution is -2.01. The van der Waals surface area contributed by atoms with Gasteiger partial charge in [0.15, 0.2) is 0 Å². The van der Waals surface area contributed by atoms with Crippen molar-refractivity contribution >= 4 is 15.9 Å². The van der Waals surface area contributed by atoms with Crippen molar-refractivity contribution in [2.75, 3.05) is 6.61 Å². The molecule has 1 aromatic rings. The maximum absolute atomic E-state index is 5.67. The van der Waals surface area contributed by atoms with E-state index in [1.54, 1.807) is 0 Å². The van der Waals surface area contributed by atoms with Gasteiger partial charge in [-0.1, -0.05) is 42.1 Å². The normalized spacial score (nSPS) is 10.4. The Balaban J connectivity index is 2.36. The minimum Gasteiger partial charge on any atom is -0.494 e. The molecule has 0 aliphatic heterocycles. The van der Waals surface area contributed by atoms with E-state index in [1.165, 1.54) is 19.3 Å². The van der Waals surface area contributed by atoms with Crippen molar-refractivity contribution in [1.29, 1.82) is 0 Å². The lowest BCUT2D eigenvalue weighted by Gasteiger charge is -2.08. The molecular formula is C13H20BrNO. The third kappa shape index (κ3) is 4.54. The lowest BCUT2D eigenvalue weighted by molar-refractivity contribution is 0.305. The van der Waals surface area contributed by atoms with Crippen molar-refractivity contribution in [2.24, 2.45) is 5.73 Å². The Bertz CT molecular complexity index is 315. The minimum atomic E-state index is 0.535. The molecule has 0 saturated heterocycles. The standard InChI is InChI=1S/C13H20BrNO/c1-2-3-4-5-8-16-12-6-7-13(14)11(9-12)10-15/h6-7,9H,2-5,8,10,15H2,1H3. The van der Waals surface area contributed by atoms with Crippen LogP contribution in [0.1, 0.15) is 38.2 Å². The minimum absolute atomic E-state index is 0.535. The van der Waals surface area contributed by atoms with Crippen LogP contribution < -0.4 is 10.5 Å². The fourth-order valence-electron chi connectivity index (χ4n) is 1.52. The molecule has 1 rings (SSSR count). The molecule has 0 spiro atoms. The van der Waals surface area contributed by atoms with E-state index < -0.39 is 0 Å². The Kier molecular flexibility index (Phi) is 6.50. The second-order valence-electron chi connectivity index (χ2n) is 3.87. The zero-order valence-corrected chi connectivity index (χ0v) is 11.4. The van der Waals surface area contributed by atoms with Crippen molar-refractivity contribution in [3.05, 3.63) is 28.2 Å². The number of ether oxygens (including phenoxy) is 1. The summed E-state index contributed by atoms with van der Waals surface area (Å²) < 4.78 is 6.72. The van der Waals surface area contributed by atoms with Crippen LogP contribution >= 0.6 is 15.9 Å². The van der Waals surface area contributed by atoms with Crippen LogP contribution in [0.15, 0.2) is 22.7 Å². The molecule has 90 valence electrons. The summed E-state index contributed by atoms with van der Waals surface area (Å²) in [6, 6.07) is 5.97. The van der Waals surface area contributed by atoms with Gasteiger partial charge >= 0.3 is 0 Å². The molecule has 0 radical (unpaired) electrons. The highest BCUT2D eigenvalue weighted by molar-refractivity contribution is 9.10.